The average Bonchev–Trinajstić information content (AvgIpc) is 3.09. The van der Waals surface area contributed by atoms with Gasteiger partial charge in [-0.05, 0) is 32.2 Å². The summed E-state index contributed by atoms with van der Waals surface area (Å²) in [4.78, 5) is 10.0. The molecule has 0 spiro atoms. The SMILES string of the molecule is Cc1ncc(CN2CCC[C@H](Cn3cc(CCO)nn3)C2)[nH]1. The summed E-state index contributed by atoms with van der Waals surface area (Å²) in [6, 6.07) is 0. The Kier molecular flexibility index (Phi) is 4.84. The summed E-state index contributed by atoms with van der Waals surface area (Å²) in [5.74, 6) is 1.57. The molecule has 22 heavy (non-hydrogen) atoms. The number of rotatable bonds is 6. The number of H-pyrrole nitrogens is 1. The van der Waals surface area contributed by atoms with Gasteiger partial charge in [0.25, 0.3) is 0 Å². The molecule has 0 bridgehead atoms. The zero-order valence-electron chi connectivity index (χ0n) is 13.1. The Morgan fingerprint density at radius 3 is 3.14 bits per heavy atom. The maximum absolute atomic E-state index is 8.94. The third-order valence-corrected chi connectivity index (χ3v) is 4.15. The van der Waals surface area contributed by atoms with E-state index < -0.39 is 0 Å². The molecule has 0 saturated carbocycles. The molecule has 1 saturated heterocycles. The largest absolute Gasteiger partial charge is 0.396 e. The quantitative estimate of drug-likeness (QED) is 0.823. The van der Waals surface area contributed by atoms with E-state index in [1.165, 1.54) is 18.5 Å². The Labute approximate surface area is 130 Å². The predicted octanol–water partition coefficient (Wildman–Crippen LogP) is 0.757. The molecule has 2 N–H and O–H groups in total. The summed E-state index contributed by atoms with van der Waals surface area (Å²) in [5.41, 5.74) is 2.05. The topological polar surface area (TPSA) is 82.9 Å². The molecule has 0 amide bonds. The van der Waals surface area contributed by atoms with Crippen LogP contribution in [0, 0.1) is 12.8 Å². The Morgan fingerprint density at radius 2 is 2.36 bits per heavy atom. The van der Waals surface area contributed by atoms with Crippen LogP contribution in [0.3, 0.4) is 0 Å². The van der Waals surface area contributed by atoms with E-state index in [4.69, 9.17) is 5.11 Å². The van der Waals surface area contributed by atoms with Gasteiger partial charge in [0, 0.05) is 50.7 Å². The van der Waals surface area contributed by atoms with Crippen molar-refractivity contribution in [1.82, 2.24) is 29.9 Å². The van der Waals surface area contributed by atoms with Gasteiger partial charge in [0.2, 0.25) is 0 Å². The van der Waals surface area contributed by atoms with Gasteiger partial charge in [-0.1, -0.05) is 5.21 Å². The van der Waals surface area contributed by atoms with Crippen molar-refractivity contribution in [2.24, 2.45) is 5.92 Å². The molecule has 0 unspecified atom stereocenters. The van der Waals surface area contributed by atoms with Gasteiger partial charge in [-0.3, -0.25) is 9.58 Å². The number of aliphatic hydroxyl groups is 1. The molecule has 1 fully saturated rings. The highest BCUT2D eigenvalue weighted by Gasteiger charge is 2.21. The first-order valence-corrected chi connectivity index (χ1v) is 7.95. The second kappa shape index (κ2) is 7.02. The van der Waals surface area contributed by atoms with Gasteiger partial charge in [-0.2, -0.15) is 0 Å². The van der Waals surface area contributed by atoms with Crippen LogP contribution < -0.4 is 0 Å². The number of nitrogens with zero attached hydrogens (tertiary/aromatic N) is 5. The van der Waals surface area contributed by atoms with Crippen LogP contribution in [-0.4, -0.2) is 54.7 Å². The molecule has 120 valence electrons. The highest BCUT2D eigenvalue weighted by molar-refractivity contribution is 5.00. The zero-order chi connectivity index (χ0) is 15.4. The number of aromatic amines is 1. The number of likely N-dealkylation sites (tertiary alicyclic amines) is 1. The standard InChI is InChI=1S/C15H24N6O/c1-12-16-7-15(17-12)10-20-5-2-3-13(8-20)9-21-11-14(4-6-22)18-19-21/h7,11,13,22H,2-6,8-10H2,1H3,(H,16,17)/t13-/m0/s1. The zero-order valence-corrected chi connectivity index (χ0v) is 13.1. The Morgan fingerprint density at radius 1 is 1.45 bits per heavy atom. The lowest BCUT2D eigenvalue weighted by Crippen LogP contribution is -2.36. The van der Waals surface area contributed by atoms with Crippen molar-refractivity contribution in [3.8, 4) is 0 Å². The van der Waals surface area contributed by atoms with Gasteiger partial charge in [-0.15, -0.1) is 5.10 Å². The van der Waals surface area contributed by atoms with E-state index in [0.29, 0.717) is 12.3 Å². The normalized spacial score (nSPS) is 19.6. The van der Waals surface area contributed by atoms with E-state index in [1.807, 2.05) is 24.0 Å². The number of piperidine rings is 1. The monoisotopic (exact) mass is 304 g/mol. The summed E-state index contributed by atoms with van der Waals surface area (Å²) in [5, 5.41) is 17.2. The number of imidazole rings is 1. The third kappa shape index (κ3) is 3.92. The van der Waals surface area contributed by atoms with Crippen LogP contribution in [0.4, 0.5) is 0 Å². The fourth-order valence-corrected chi connectivity index (χ4v) is 3.16. The Balaban J connectivity index is 1.53. The number of aryl methyl sites for hydroxylation is 1. The number of nitrogens with one attached hydrogen (secondary N) is 1. The van der Waals surface area contributed by atoms with Crippen LogP contribution >= 0.6 is 0 Å². The number of aromatic nitrogens is 5. The molecule has 0 radical (unpaired) electrons. The second-order valence-electron chi connectivity index (χ2n) is 6.14. The average molecular weight is 304 g/mol. The summed E-state index contributed by atoms with van der Waals surface area (Å²) in [6.07, 6.45) is 6.91. The Hall–Kier alpha value is -1.73. The number of hydrogen-bond donors (Lipinski definition) is 2. The van der Waals surface area contributed by atoms with Gasteiger partial charge in [-0.25, -0.2) is 4.98 Å². The fourth-order valence-electron chi connectivity index (χ4n) is 3.16. The maximum atomic E-state index is 8.94. The highest BCUT2D eigenvalue weighted by atomic mass is 16.3. The lowest BCUT2D eigenvalue weighted by molar-refractivity contribution is 0.151. The molecule has 2 aromatic heterocycles. The predicted molar refractivity (Wildman–Crippen MR) is 82.1 cm³/mol. The van der Waals surface area contributed by atoms with E-state index in [1.54, 1.807) is 0 Å². The first kappa shape index (κ1) is 15.2. The lowest BCUT2D eigenvalue weighted by atomic mass is 9.98. The molecule has 1 aliphatic heterocycles. The van der Waals surface area contributed by atoms with Crippen LogP contribution in [0.1, 0.15) is 30.1 Å². The smallest absolute Gasteiger partial charge is 0.103 e. The molecule has 0 aromatic carbocycles. The molecule has 3 heterocycles. The van der Waals surface area contributed by atoms with Crippen molar-refractivity contribution in [3.05, 3.63) is 29.6 Å². The van der Waals surface area contributed by atoms with Gasteiger partial charge in [0.1, 0.15) is 5.82 Å². The van der Waals surface area contributed by atoms with Crippen molar-refractivity contribution >= 4 is 0 Å². The van der Waals surface area contributed by atoms with Crippen LogP contribution in [-0.2, 0) is 19.5 Å². The summed E-state index contributed by atoms with van der Waals surface area (Å²) < 4.78 is 1.92. The van der Waals surface area contributed by atoms with Gasteiger partial charge < -0.3 is 10.1 Å². The second-order valence-corrected chi connectivity index (χ2v) is 6.14. The highest BCUT2D eigenvalue weighted by Crippen LogP contribution is 2.19. The van der Waals surface area contributed by atoms with Gasteiger partial charge in [0.05, 0.1) is 5.69 Å². The van der Waals surface area contributed by atoms with E-state index in [-0.39, 0.29) is 6.61 Å². The van der Waals surface area contributed by atoms with Gasteiger partial charge in [0.15, 0.2) is 0 Å². The fraction of sp³-hybridized carbons (Fsp3) is 0.667. The van der Waals surface area contributed by atoms with Crippen molar-refractivity contribution in [1.29, 1.82) is 0 Å². The molecular formula is C15H24N6O. The van der Waals surface area contributed by atoms with Gasteiger partial charge >= 0.3 is 0 Å². The third-order valence-electron chi connectivity index (χ3n) is 4.15. The maximum Gasteiger partial charge on any atom is 0.103 e. The van der Waals surface area contributed by atoms with Crippen LogP contribution in [0.25, 0.3) is 0 Å². The molecule has 0 aliphatic carbocycles. The lowest BCUT2D eigenvalue weighted by Gasteiger charge is -2.32. The first-order chi connectivity index (χ1) is 10.7. The van der Waals surface area contributed by atoms with E-state index in [9.17, 15) is 0 Å². The van der Waals surface area contributed by atoms with E-state index >= 15 is 0 Å². The minimum Gasteiger partial charge on any atom is -0.396 e. The minimum absolute atomic E-state index is 0.125. The Bertz CT molecular complexity index is 592. The van der Waals surface area contributed by atoms with Crippen molar-refractivity contribution in [2.45, 2.75) is 39.3 Å². The summed E-state index contributed by atoms with van der Waals surface area (Å²) in [6.45, 7) is 6.16. The molecule has 1 atom stereocenters. The van der Waals surface area contributed by atoms with E-state index in [0.717, 1.165) is 37.7 Å². The summed E-state index contributed by atoms with van der Waals surface area (Å²) in [7, 11) is 0. The van der Waals surface area contributed by atoms with Crippen LogP contribution in [0.5, 0.6) is 0 Å². The van der Waals surface area contributed by atoms with Crippen molar-refractivity contribution < 1.29 is 5.11 Å². The van der Waals surface area contributed by atoms with Crippen LogP contribution in [0.15, 0.2) is 12.4 Å². The number of aliphatic hydroxyl groups excluding tert-OH is 1. The molecule has 2 aromatic rings. The van der Waals surface area contributed by atoms with E-state index in [2.05, 4.69) is 25.2 Å². The number of hydrogen-bond acceptors (Lipinski definition) is 5. The van der Waals surface area contributed by atoms with Crippen molar-refractivity contribution in [2.75, 3.05) is 19.7 Å². The molecule has 7 nitrogen and oxygen atoms in total. The molecule has 3 rings (SSSR count). The molecule has 1 aliphatic rings. The first-order valence-electron chi connectivity index (χ1n) is 7.95. The minimum atomic E-state index is 0.125. The van der Waals surface area contributed by atoms with Crippen molar-refractivity contribution in [3.63, 3.8) is 0 Å². The molecule has 7 heteroatoms. The molecular weight excluding hydrogens is 280 g/mol. The van der Waals surface area contributed by atoms with Crippen LogP contribution in [0.2, 0.25) is 0 Å². The summed E-state index contributed by atoms with van der Waals surface area (Å²) >= 11 is 0.